The first-order valence-electron chi connectivity index (χ1n) is 8.76. The quantitative estimate of drug-likeness (QED) is 0.743. The third-order valence-electron chi connectivity index (χ3n) is 4.50. The Bertz CT molecular complexity index is 804. The molecule has 3 rings (SSSR count). The van der Waals surface area contributed by atoms with Crippen LogP contribution in [0.25, 0.3) is 0 Å². The monoisotopic (exact) mass is 375 g/mol. The van der Waals surface area contributed by atoms with Crippen molar-refractivity contribution in [3.8, 4) is 0 Å². The van der Waals surface area contributed by atoms with Crippen molar-refractivity contribution in [3.63, 3.8) is 0 Å². The SMILES string of the molecule is CCc1sc(N2CCN(CC(=O)CCc3ccc(F)cc3)C2=O)nc1C. The first-order valence-corrected chi connectivity index (χ1v) is 9.58. The molecule has 0 radical (unpaired) electrons. The summed E-state index contributed by atoms with van der Waals surface area (Å²) in [6, 6.07) is 5.99. The third kappa shape index (κ3) is 4.09. The highest BCUT2D eigenvalue weighted by Crippen LogP contribution is 2.29. The molecule has 26 heavy (non-hydrogen) atoms. The fourth-order valence-corrected chi connectivity index (χ4v) is 4.01. The van der Waals surface area contributed by atoms with E-state index >= 15 is 0 Å². The van der Waals surface area contributed by atoms with Gasteiger partial charge < -0.3 is 4.90 Å². The molecule has 0 atom stereocenters. The molecule has 1 saturated heterocycles. The summed E-state index contributed by atoms with van der Waals surface area (Å²) < 4.78 is 12.9. The van der Waals surface area contributed by atoms with Crippen molar-refractivity contribution in [2.24, 2.45) is 0 Å². The Morgan fingerprint density at radius 1 is 1.27 bits per heavy atom. The number of nitrogens with zero attached hydrogens (tertiary/aromatic N) is 3. The second kappa shape index (κ2) is 7.95. The number of hydrogen-bond donors (Lipinski definition) is 0. The molecule has 0 saturated carbocycles. The van der Waals surface area contributed by atoms with Gasteiger partial charge in [-0.3, -0.25) is 9.69 Å². The Morgan fingerprint density at radius 3 is 2.65 bits per heavy atom. The first-order chi connectivity index (χ1) is 12.5. The van der Waals surface area contributed by atoms with Crippen LogP contribution in [0, 0.1) is 12.7 Å². The van der Waals surface area contributed by atoms with Gasteiger partial charge in [-0.05, 0) is 37.5 Å². The molecule has 0 spiro atoms. The fraction of sp³-hybridized carbons (Fsp3) is 0.421. The number of Topliss-reactive ketones (excluding diaryl/α,β-unsaturated/α-hetero) is 1. The predicted molar refractivity (Wildman–Crippen MR) is 100 cm³/mol. The Kier molecular flexibility index (Phi) is 5.66. The van der Waals surface area contributed by atoms with E-state index in [2.05, 4.69) is 11.9 Å². The number of amides is 2. The van der Waals surface area contributed by atoms with Crippen molar-refractivity contribution in [1.82, 2.24) is 9.88 Å². The van der Waals surface area contributed by atoms with E-state index in [0.717, 1.165) is 17.7 Å². The second-order valence-electron chi connectivity index (χ2n) is 6.38. The number of carbonyl (C=O) groups is 2. The van der Waals surface area contributed by atoms with Crippen molar-refractivity contribution in [1.29, 1.82) is 0 Å². The molecular formula is C19H22FN3O2S. The van der Waals surface area contributed by atoms with Gasteiger partial charge in [0, 0.05) is 24.4 Å². The Hall–Kier alpha value is -2.28. The number of rotatable bonds is 7. The Balaban J connectivity index is 1.54. The average Bonchev–Trinajstić information content (AvgIpc) is 3.17. The lowest BCUT2D eigenvalue weighted by molar-refractivity contribution is -0.119. The van der Waals surface area contributed by atoms with Crippen LogP contribution in [0.15, 0.2) is 24.3 Å². The topological polar surface area (TPSA) is 53.5 Å². The summed E-state index contributed by atoms with van der Waals surface area (Å²) in [7, 11) is 0. The fourth-order valence-electron chi connectivity index (χ4n) is 2.99. The van der Waals surface area contributed by atoms with Gasteiger partial charge in [0.25, 0.3) is 0 Å². The van der Waals surface area contributed by atoms with Gasteiger partial charge in [0.05, 0.1) is 12.2 Å². The lowest BCUT2D eigenvalue weighted by Gasteiger charge is -2.16. The van der Waals surface area contributed by atoms with Crippen LogP contribution in [0.2, 0.25) is 0 Å². The van der Waals surface area contributed by atoms with Gasteiger partial charge in [-0.1, -0.05) is 19.1 Å². The van der Waals surface area contributed by atoms with Crippen LogP contribution in [0.1, 0.15) is 29.5 Å². The van der Waals surface area contributed by atoms with E-state index in [1.54, 1.807) is 33.3 Å². The largest absolute Gasteiger partial charge is 0.326 e. The zero-order valence-corrected chi connectivity index (χ0v) is 15.8. The molecule has 0 bridgehead atoms. The average molecular weight is 375 g/mol. The second-order valence-corrected chi connectivity index (χ2v) is 7.44. The van der Waals surface area contributed by atoms with E-state index in [-0.39, 0.29) is 24.2 Å². The smallest absolute Gasteiger partial charge is 0.315 e. The number of thiazole rings is 1. The van der Waals surface area contributed by atoms with Crippen molar-refractivity contribution in [2.75, 3.05) is 24.5 Å². The van der Waals surface area contributed by atoms with Crippen LogP contribution in [-0.2, 0) is 17.6 Å². The maximum absolute atomic E-state index is 12.9. The van der Waals surface area contributed by atoms with Gasteiger partial charge in [0.1, 0.15) is 5.82 Å². The maximum Gasteiger partial charge on any atom is 0.326 e. The minimum absolute atomic E-state index is 0.00842. The highest BCUT2D eigenvalue weighted by molar-refractivity contribution is 7.15. The number of aryl methyl sites for hydroxylation is 3. The predicted octanol–water partition coefficient (Wildman–Crippen LogP) is 3.60. The number of carbonyl (C=O) groups excluding carboxylic acids is 2. The number of hydrogen-bond acceptors (Lipinski definition) is 4. The van der Waals surface area contributed by atoms with Gasteiger partial charge in [0.15, 0.2) is 10.9 Å². The molecule has 1 aromatic heterocycles. The molecule has 1 fully saturated rings. The third-order valence-corrected chi connectivity index (χ3v) is 5.83. The zero-order valence-electron chi connectivity index (χ0n) is 15.0. The summed E-state index contributed by atoms with van der Waals surface area (Å²) in [4.78, 5) is 33.7. The minimum Gasteiger partial charge on any atom is -0.315 e. The van der Waals surface area contributed by atoms with E-state index < -0.39 is 0 Å². The molecule has 2 heterocycles. The van der Waals surface area contributed by atoms with Crippen LogP contribution in [0.5, 0.6) is 0 Å². The minimum atomic E-state index is -0.286. The summed E-state index contributed by atoms with van der Waals surface area (Å²) in [5.74, 6) is -0.277. The molecule has 1 aliphatic heterocycles. The standard InChI is InChI=1S/C19H22FN3O2S/c1-3-17-13(2)21-18(26-17)23-11-10-22(19(23)25)12-16(24)9-6-14-4-7-15(20)8-5-14/h4-5,7-8H,3,6,9-12H2,1-2H3. The van der Waals surface area contributed by atoms with E-state index in [0.29, 0.717) is 31.1 Å². The number of aromatic nitrogens is 1. The molecule has 1 aromatic carbocycles. The van der Waals surface area contributed by atoms with Crippen molar-refractivity contribution in [2.45, 2.75) is 33.1 Å². The summed E-state index contributed by atoms with van der Waals surface area (Å²) >= 11 is 1.54. The molecule has 1 aliphatic rings. The van der Waals surface area contributed by atoms with Crippen LogP contribution in [-0.4, -0.2) is 41.3 Å². The van der Waals surface area contributed by atoms with Gasteiger partial charge in [-0.25, -0.2) is 14.2 Å². The van der Waals surface area contributed by atoms with Crippen LogP contribution in [0.4, 0.5) is 14.3 Å². The lowest BCUT2D eigenvalue weighted by atomic mass is 10.1. The van der Waals surface area contributed by atoms with E-state index in [1.165, 1.54) is 17.0 Å². The number of anilines is 1. The summed E-state index contributed by atoms with van der Waals surface area (Å²) in [5, 5.41) is 0.714. The van der Waals surface area contributed by atoms with Gasteiger partial charge >= 0.3 is 6.03 Å². The molecule has 0 N–H and O–H groups in total. The molecule has 138 valence electrons. The number of urea groups is 1. The molecule has 2 amide bonds. The van der Waals surface area contributed by atoms with E-state index in [1.807, 2.05) is 6.92 Å². The van der Waals surface area contributed by atoms with Gasteiger partial charge in [-0.15, -0.1) is 11.3 Å². The highest BCUT2D eigenvalue weighted by Gasteiger charge is 2.32. The Morgan fingerprint density at radius 2 is 2.00 bits per heavy atom. The van der Waals surface area contributed by atoms with Crippen molar-refractivity contribution >= 4 is 28.3 Å². The molecule has 2 aromatic rings. The number of halogens is 1. The molecule has 5 nitrogen and oxygen atoms in total. The van der Waals surface area contributed by atoms with E-state index in [9.17, 15) is 14.0 Å². The van der Waals surface area contributed by atoms with E-state index in [4.69, 9.17) is 0 Å². The first kappa shape index (κ1) is 18.5. The van der Waals surface area contributed by atoms with Crippen LogP contribution < -0.4 is 4.90 Å². The van der Waals surface area contributed by atoms with Crippen molar-refractivity contribution in [3.05, 3.63) is 46.2 Å². The summed E-state index contributed by atoms with van der Waals surface area (Å²) in [5.41, 5.74) is 1.88. The zero-order chi connectivity index (χ0) is 18.7. The number of ketones is 1. The highest BCUT2D eigenvalue weighted by atomic mass is 32.1. The van der Waals surface area contributed by atoms with Gasteiger partial charge in [-0.2, -0.15) is 0 Å². The van der Waals surface area contributed by atoms with Crippen LogP contribution >= 0.6 is 11.3 Å². The normalized spacial score (nSPS) is 14.3. The number of benzene rings is 1. The van der Waals surface area contributed by atoms with Gasteiger partial charge in [0.2, 0.25) is 0 Å². The molecular weight excluding hydrogens is 353 g/mol. The van der Waals surface area contributed by atoms with Crippen LogP contribution in [0.3, 0.4) is 0 Å². The lowest BCUT2D eigenvalue weighted by Crippen LogP contribution is -2.35. The molecule has 0 aliphatic carbocycles. The van der Waals surface area contributed by atoms with Crippen molar-refractivity contribution < 1.29 is 14.0 Å². The Labute approximate surface area is 156 Å². The molecule has 0 unspecified atom stereocenters. The summed E-state index contributed by atoms with van der Waals surface area (Å²) in [6.07, 6.45) is 1.79. The maximum atomic E-state index is 12.9. The summed E-state index contributed by atoms with van der Waals surface area (Å²) in [6.45, 7) is 5.22. The molecule has 7 heteroatoms.